The van der Waals surface area contributed by atoms with Crippen LogP contribution < -0.4 is 10.2 Å². The molecule has 1 aromatic heterocycles. The lowest BCUT2D eigenvalue weighted by atomic mass is 10.1. The summed E-state index contributed by atoms with van der Waals surface area (Å²) >= 11 is 0. The number of anilines is 1. The Morgan fingerprint density at radius 3 is 2.82 bits per heavy atom. The quantitative estimate of drug-likeness (QED) is 0.839. The van der Waals surface area contributed by atoms with E-state index in [9.17, 15) is 9.59 Å². The van der Waals surface area contributed by atoms with E-state index in [2.05, 4.69) is 10.4 Å². The molecule has 1 saturated heterocycles. The van der Waals surface area contributed by atoms with Crippen LogP contribution in [0.25, 0.3) is 0 Å². The predicted molar refractivity (Wildman–Crippen MR) is 82.1 cm³/mol. The van der Waals surface area contributed by atoms with E-state index in [1.165, 1.54) is 0 Å². The average Bonchev–Trinajstić information content (AvgIpc) is 3.18. The Hall–Kier alpha value is -2.63. The number of aromatic nitrogens is 2. The molecule has 1 unspecified atom stereocenters. The van der Waals surface area contributed by atoms with E-state index in [4.69, 9.17) is 0 Å². The zero-order chi connectivity index (χ0) is 15.4. The summed E-state index contributed by atoms with van der Waals surface area (Å²) < 4.78 is 1.74. The van der Waals surface area contributed by atoms with Crippen molar-refractivity contribution in [1.82, 2.24) is 15.1 Å². The third-order valence-corrected chi connectivity index (χ3v) is 3.79. The molecule has 1 atom stereocenters. The van der Waals surface area contributed by atoms with Gasteiger partial charge in [0.2, 0.25) is 11.8 Å². The first-order valence-corrected chi connectivity index (χ1v) is 7.37. The molecule has 0 saturated carbocycles. The summed E-state index contributed by atoms with van der Waals surface area (Å²) in [5, 5.41) is 6.89. The van der Waals surface area contributed by atoms with Crippen molar-refractivity contribution in [3.8, 4) is 0 Å². The smallest absolute Gasteiger partial charge is 0.239 e. The van der Waals surface area contributed by atoms with Crippen LogP contribution in [0.5, 0.6) is 0 Å². The first kappa shape index (κ1) is 14.3. The van der Waals surface area contributed by atoms with E-state index in [0.717, 1.165) is 5.69 Å². The monoisotopic (exact) mass is 298 g/mol. The van der Waals surface area contributed by atoms with E-state index in [0.29, 0.717) is 26.1 Å². The van der Waals surface area contributed by atoms with Crippen LogP contribution in [0.15, 0.2) is 48.8 Å². The molecular formula is C16H18N4O2. The summed E-state index contributed by atoms with van der Waals surface area (Å²) in [6, 6.07) is 11.3. The maximum absolute atomic E-state index is 12.4. The fraction of sp³-hybridized carbons (Fsp3) is 0.312. The number of hydrogen-bond donors (Lipinski definition) is 1. The fourth-order valence-electron chi connectivity index (χ4n) is 2.64. The van der Waals surface area contributed by atoms with E-state index in [1.807, 2.05) is 42.6 Å². The van der Waals surface area contributed by atoms with Crippen molar-refractivity contribution in [2.75, 3.05) is 18.0 Å². The van der Waals surface area contributed by atoms with Gasteiger partial charge in [-0.2, -0.15) is 5.10 Å². The van der Waals surface area contributed by atoms with Crippen LogP contribution in [0.3, 0.4) is 0 Å². The highest BCUT2D eigenvalue weighted by molar-refractivity contribution is 6.09. The molecule has 0 aliphatic carbocycles. The minimum absolute atomic E-state index is 0.122. The van der Waals surface area contributed by atoms with Gasteiger partial charge < -0.3 is 10.2 Å². The zero-order valence-corrected chi connectivity index (χ0v) is 12.2. The lowest BCUT2D eigenvalue weighted by Crippen LogP contribution is -2.38. The van der Waals surface area contributed by atoms with Crippen LogP contribution >= 0.6 is 0 Å². The van der Waals surface area contributed by atoms with Crippen LogP contribution in [-0.4, -0.2) is 34.7 Å². The van der Waals surface area contributed by atoms with Gasteiger partial charge in [0.25, 0.3) is 0 Å². The van der Waals surface area contributed by atoms with Gasteiger partial charge >= 0.3 is 0 Å². The van der Waals surface area contributed by atoms with E-state index < -0.39 is 5.92 Å². The normalized spacial score (nSPS) is 17.7. The molecular weight excluding hydrogens is 280 g/mol. The number of carbonyl (C=O) groups is 2. The Morgan fingerprint density at radius 2 is 2.09 bits per heavy atom. The van der Waals surface area contributed by atoms with E-state index in [-0.39, 0.29) is 11.8 Å². The Balaban J connectivity index is 1.54. The lowest BCUT2D eigenvalue weighted by molar-refractivity contribution is -0.132. The maximum atomic E-state index is 12.4. The highest BCUT2D eigenvalue weighted by Crippen LogP contribution is 2.24. The summed E-state index contributed by atoms with van der Waals surface area (Å²) in [5.41, 5.74) is 0.847. The second-order valence-electron chi connectivity index (χ2n) is 5.23. The summed E-state index contributed by atoms with van der Waals surface area (Å²) in [6.45, 7) is 1.65. The number of nitrogens with one attached hydrogen (secondary N) is 1. The number of carbonyl (C=O) groups excluding carboxylic acids is 2. The minimum Gasteiger partial charge on any atom is -0.354 e. The summed E-state index contributed by atoms with van der Waals surface area (Å²) in [7, 11) is 0. The van der Waals surface area contributed by atoms with E-state index >= 15 is 0 Å². The molecule has 6 heteroatoms. The number of hydrogen-bond acceptors (Lipinski definition) is 3. The van der Waals surface area contributed by atoms with Crippen molar-refractivity contribution in [3.63, 3.8) is 0 Å². The molecule has 1 aromatic carbocycles. The van der Waals surface area contributed by atoms with Gasteiger partial charge in [-0.1, -0.05) is 18.2 Å². The third-order valence-electron chi connectivity index (χ3n) is 3.79. The first-order valence-electron chi connectivity index (χ1n) is 7.37. The van der Waals surface area contributed by atoms with Crippen LogP contribution in [0, 0.1) is 5.92 Å². The van der Waals surface area contributed by atoms with Crippen molar-refractivity contribution in [3.05, 3.63) is 48.8 Å². The zero-order valence-electron chi connectivity index (χ0n) is 12.2. The minimum atomic E-state index is -0.585. The van der Waals surface area contributed by atoms with E-state index in [1.54, 1.807) is 15.8 Å². The molecule has 0 radical (unpaired) electrons. The molecule has 1 N–H and O–H groups in total. The SMILES string of the molecule is O=C(NCCn1cccn1)C1CCN(c2ccccc2)C1=O. The van der Waals surface area contributed by atoms with Crippen LogP contribution in [0.4, 0.5) is 5.69 Å². The predicted octanol–water partition coefficient (Wildman–Crippen LogP) is 1.05. The topological polar surface area (TPSA) is 67.2 Å². The Morgan fingerprint density at radius 1 is 1.27 bits per heavy atom. The summed E-state index contributed by atoms with van der Waals surface area (Å²) in [6.07, 6.45) is 4.09. The molecule has 1 aliphatic rings. The van der Waals surface area contributed by atoms with Crippen molar-refractivity contribution in [2.24, 2.45) is 5.92 Å². The second kappa shape index (κ2) is 6.43. The molecule has 114 valence electrons. The van der Waals surface area contributed by atoms with Gasteiger partial charge in [0.1, 0.15) is 5.92 Å². The number of benzene rings is 1. The molecule has 1 aliphatic heterocycles. The highest BCUT2D eigenvalue weighted by atomic mass is 16.2. The van der Waals surface area contributed by atoms with Gasteiger partial charge in [-0.05, 0) is 24.6 Å². The molecule has 0 bridgehead atoms. The van der Waals surface area contributed by atoms with Crippen LogP contribution in [0.1, 0.15) is 6.42 Å². The van der Waals surface area contributed by atoms with Gasteiger partial charge in [0.05, 0.1) is 6.54 Å². The van der Waals surface area contributed by atoms with Crippen molar-refractivity contribution in [2.45, 2.75) is 13.0 Å². The van der Waals surface area contributed by atoms with Gasteiger partial charge in [-0.15, -0.1) is 0 Å². The van der Waals surface area contributed by atoms with Crippen molar-refractivity contribution >= 4 is 17.5 Å². The van der Waals surface area contributed by atoms with Gasteiger partial charge in [-0.3, -0.25) is 14.3 Å². The standard InChI is InChI=1S/C16H18N4O2/c21-15(17-9-12-19-10-4-8-18-19)14-7-11-20(16(14)22)13-5-2-1-3-6-13/h1-6,8,10,14H,7,9,11-12H2,(H,17,21). The van der Waals surface area contributed by atoms with Crippen LogP contribution in [0.2, 0.25) is 0 Å². The number of nitrogens with zero attached hydrogens (tertiary/aromatic N) is 3. The van der Waals surface area contributed by atoms with Crippen molar-refractivity contribution < 1.29 is 9.59 Å². The molecule has 1 fully saturated rings. The second-order valence-corrected chi connectivity index (χ2v) is 5.23. The Bertz CT molecular complexity index is 639. The molecule has 2 aromatic rings. The highest BCUT2D eigenvalue weighted by Gasteiger charge is 2.37. The molecule has 2 heterocycles. The van der Waals surface area contributed by atoms with Gasteiger partial charge in [0.15, 0.2) is 0 Å². The molecule has 6 nitrogen and oxygen atoms in total. The fourth-order valence-corrected chi connectivity index (χ4v) is 2.64. The van der Waals surface area contributed by atoms with Gasteiger partial charge in [0, 0.05) is 31.2 Å². The average molecular weight is 298 g/mol. The van der Waals surface area contributed by atoms with Crippen LogP contribution in [-0.2, 0) is 16.1 Å². The number of amides is 2. The van der Waals surface area contributed by atoms with Crippen molar-refractivity contribution in [1.29, 1.82) is 0 Å². The Kier molecular flexibility index (Phi) is 4.18. The molecule has 2 amide bonds. The molecule has 3 rings (SSSR count). The molecule has 0 spiro atoms. The maximum Gasteiger partial charge on any atom is 0.239 e. The largest absolute Gasteiger partial charge is 0.354 e. The lowest BCUT2D eigenvalue weighted by Gasteiger charge is -2.16. The first-order chi connectivity index (χ1) is 10.8. The Labute approximate surface area is 128 Å². The number of rotatable bonds is 5. The summed E-state index contributed by atoms with van der Waals surface area (Å²) in [4.78, 5) is 26.2. The number of para-hydroxylation sites is 1. The third kappa shape index (κ3) is 3.00. The molecule has 22 heavy (non-hydrogen) atoms. The summed E-state index contributed by atoms with van der Waals surface area (Å²) in [5.74, 6) is -0.906. The van der Waals surface area contributed by atoms with Gasteiger partial charge in [-0.25, -0.2) is 0 Å².